The Bertz CT molecular complexity index is 1080. The highest BCUT2D eigenvalue weighted by Crippen LogP contribution is 2.27. The van der Waals surface area contributed by atoms with Gasteiger partial charge in [0.2, 0.25) is 15.9 Å². The van der Waals surface area contributed by atoms with E-state index in [0.29, 0.717) is 12.8 Å². The van der Waals surface area contributed by atoms with Crippen molar-refractivity contribution in [3.05, 3.63) is 65.7 Å². The van der Waals surface area contributed by atoms with Crippen molar-refractivity contribution < 1.29 is 22.7 Å². The van der Waals surface area contributed by atoms with Gasteiger partial charge in [-0.05, 0) is 58.2 Å². The number of esters is 1. The molecule has 1 aliphatic rings. The second-order valence-corrected chi connectivity index (χ2v) is 11.3. The fraction of sp³-hybridized carbons (Fsp3) is 0.440. The van der Waals surface area contributed by atoms with Crippen LogP contribution in [0.5, 0.6) is 0 Å². The minimum absolute atomic E-state index is 0.153. The van der Waals surface area contributed by atoms with Gasteiger partial charge < -0.3 is 10.1 Å². The molecule has 1 N–H and O–H groups in total. The van der Waals surface area contributed by atoms with Crippen molar-refractivity contribution in [2.75, 3.05) is 6.54 Å². The molecule has 33 heavy (non-hydrogen) atoms. The summed E-state index contributed by atoms with van der Waals surface area (Å²) < 4.78 is 33.2. The van der Waals surface area contributed by atoms with Gasteiger partial charge in [-0.3, -0.25) is 4.79 Å². The molecule has 2 atom stereocenters. The Kier molecular flexibility index (Phi) is 7.59. The summed E-state index contributed by atoms with van der Waals surface area (Å²) >= 11 is 0. The van der Waals surface area contributed by atoms with Gasteiger partial charge in [0, 0.05) is 13.0 Å². The first-order valence-corrected chi connectivity index (χ1v) is 12.6. The summed E-state index contributed by atoms with van der Waals surface area (Å²) in [5.74, 6) is -1.04. The molecule has 0 spiro atoms. The molecule has 0 unspecified atom stereocenters. The maximum absolute atomic E-state index is 13.2. The van der Waals surface area contributed by atoms with Gasteiger partial charge in [0.15, 0.2) is 0 Å². The first-order valence-electron chi connectivity index (χ1n) is 11.1. The maximum atomic E-state index is 13.2. The highest BCUT2D eigenvalue weighted by Gasteiger charge is 2.41. The number of carbonyl (C=O) groups is 2. The van der Waals surface area contributed by atoms with Crippen molar-refractivity contribution in [1.29, 1.82) is 0 Å². The monoisotopic (exact) mass is 472 g/mol. The molecule has 0 aromatic heterocycles. The van der Waals surface area contributed by atoms with Crippen LogP contribution in [0.3, 0.4) is 0 Å². The van der Waals surface area contributed by atoms with E-state index >= 15 is 0 Å². The highest BCUT2D eigenvalue weighted by atomic mass is 32.2. The lowest BCUT2D eigenvalue weighted by Gasteiger charge is -2.27. The maximum Gasteiger partial charge on any atom is 0.329 e. The number of sulfonamides is 1. The minimum Gasteiger partial charge on any atom is -0.458 e. The van der Waals surface area contributed by atoms with Crippen LogP contribution in [-0.4, -0.2) is 48.8 Å². The zero-order chi connectivity index (χ0) is 24.2. The number of aryl methyl sites for hydroxylation is 1. The third kappa shape index (κ3) is 6.42. The lowest BCUT2D eigenvalue weighted by Crippen LogP contribution is -2.52. The molecule has 0 radical (unpaired) electrons. The van der Waals surface area contributed by atoms with Crippen molar-refractivity contribution in [2.24, 2.45) is 0 Å². The van der Waals surface area contributed by atoms with Crippen LogP contribution >= 0.6 is 0 Å². The average molecular weight is 473 g/mol. The molecule has 0 bridgehead atoms. The molecule has 1 amide bonds. The number of amides is 1. The van der Waals surface area contributed by atoms with E-state index in [1.165, 1.54) is 4.31 Å². The minimum atomic E-state index is -3.84. The molecule has 1 saturated heterocycles. The van der Waals surface area contributed by atoms with Crippen molar-refractivity contribution in [3.63, 3.8) is 0 Å². The number of nitrogens with one attached hydrogen (secondary N) is 1. The number of hydrogen-bond donors (Lipinski definition) is 1. The molecule has 178 valence electrons. The van der Waals surface area contributed by atoms with E-state index in [-0.39, 0.29) is 17.9 Å². The molecule has 8 heteroatoms. The lowest BCUT2D eigenvalue weighted by atomic mass is 10.0. The predicted octanol–water partition coefficient (Wildman–Crippen LogP) is 3.22. The van der Waals surface area contributed by atoms with Gasteiger partial charge in [-0.1, -0.05) is 48.0 Å². The van der Waals surface area contributed by atoms with Gasteiger partial charge in [-0.25, -0.2) is 13.2 Å². The van der Waals surface area contributed by atoms with Crippen molar-refractivity contribution in [1.82, 2.24) is 9.62 Å². The Hall–Kier alpha value is -2.71. The molecule has 1 heterocycles. The lowest BCUT2D eigenvalue weighted by molar-refractivity contribution is -0.158. The summed E-state index contributed by atoms with van der Waals surface area (Å²) in [6.45, 7) is 7.42. The SMILES string of the molecule is Cc1ccc(S(=O)(=O)N2CCC[C@H]2C(=O)N[C@@H](Cc2ccccc2)C(=O)OC(C)(C)C)cc1. The van der Waals surface area contributed by atoms with E-state index < -0.39 is 39.6 Å². The molecule has 1 fully saturated rings. The molecular weight excluding hydrogens is 440 g/mol. The van der Waals surface area contributed by atoms with E-state index in [0.717, 1.165) is 11.1 Å². The van der Waals surface area contributed by atoms with E-state index in [2.05, 4.69) is 5.32 Å². The molecule has 2 aromatic carbocycles. The molecule has 2 aromatic rings. The summed E-state index contributed by atoms with van der Waals surface area (Å²) in [5.41, 5.74) is 1.10. The zero-order valence-electron chi connectivity index (χ0n) is 19.6. The molecule has 7 nitrogen and oxygen atoms in total. The van der Waals surface area contributed by atoms with E-state index in [1.54, 1.807) is 45.0 Å². The van der Waals surface area contributed by atoms with Gasteiger partial charge in [0.25, 0.3) is 0 Å². The summed E-state index contributed by atoms with van der Waals surface area (Å²) in [7, 11) is -3.84. The number of benzene rings is 2. The van der Waals surface area contributed by atoms with Crippen molar-refractivity contribution in [3.8, 4) is 0 Å². The quantitative estimate of drug-likeness (QED) is 0.625. The van der Waals surface area contributed by atoms with Crippen LogP contribution in [0, 0.1) is 6.92 Å². The summed E-state index contributed by atoms with van der Waals surface area (Å²) in [6.07, 6.45) is 1.21. The number of hydrogen-bond acceptors (Lipinski definition) is 5. The second kappa shape index (κ2) is 10.1. The van der Waals surface area contributed by atoms with Gasteiger partial charge in [-0.15, -0.1) is 0 Å². The predicted molar refractivity (Wildman–Crippen MR) is 126 cm³/mol. The molecular formula is C25H32N2O5S. The van der Waals surface area contributed by atoms with Gasteiger partial charge in [0.1, 0.15) is 17.7 Å². The summed E-state index contributed by atoms with van der Waals surface area (Å²) in [5, 5.41) is 2.77. The number of rotatable bonds is 7. The van der Waals surface area contributed by atoms with E-state index in [9.17, 15) is 18.0 Å². The molecule has 1 aliphatic heterocycles. The molecule has 0 aliphatic carbocycles. The first-order chi connectivity index (χ1) is 15.5. The number of carbonyl (C=O) groups excluding carboxylic acids is 2. The van der Waals surface area contributed by atoms with Crippen LogP contribution in [0.25, 0.3) is 0 Å². The normalized spacial score (nSPS) is 18.0. The first kappa shape index (κ1) is 24.9. The zero-order valence-corrected chi connectivity index (χ0v) is 20.4. The van der Waals surface area contributed by atoms with Crippen LogP contribution in [0.15, 0.2) is 59.5 Å². The summed E-state index contributed by atoms with van der Waals surface area (Å²) in [6, 6.07) is 14.1. The van der Waals surface area contributed by atoms with E-state index in [1.807, 2.05) is 37.3 Å². The number of ether oxygens (including phenoxy) is 1. The third-order valence-corrected chi connectivity index (χ3v) is 7.35. The summed E-state index contributed by atoms with van der Waals surface area (Å²) in [4.78, 5) is 26.3. The smallest absolute Gasteiger partial charge is 0.329 e. The van der Waals surface area contributed by atoms with Crippen LogP contribution < -0.4 is 5.32 Å². The van der Waals surface area contributed by atoms with Gasteiger partial charge >= 0.3 is 5.97 Å². The molecule has 0 saturated carbocycles. The highest BCUT2D eigenvalue weighted by molar-refractivity contribution is 7.89. The topological polar surface area (TPSA) is 92.8 Å². The van der Waals surface area contributed by atoms with Crippen LogP contribution in [0.4, 0.5) is 0 Å². The Labute approximate surface area is 196 Å². The van der Waals surface area contributed by atoms with Crippen LogP contribution in [0.2, 0.25) is 0 Å². The largest absolute Gasteiger partial charge is 0.458 e. The van der Waals surface area contributed by atoms with Gasteiger partial charge in [0.05, 0.1) is 4.90 Å². The third-order valence-electron chi connectivity index (χ3n) is 5.42. The molecule has 3 rings (SSSR count). The Balaban J connectivity index is 1.81. The van der Waals surface area contributed by atoms with Gasteiger partial charge in [-0.2, -0.15) is 4.31 Å². The second-order valence-electron chi connectivity index (χ2n) is 9.37. The van der Waals surface area contributed by atoms with Crippen LogP contribution in [0.1, 0.15) is 44.7 Å². The van der Waals surface area contributed by atoms with Crippen molar-refractivity contribution in [2.45, 2.75) is 69.5 Å². The number of nitrogens with zero attached hydrogens (tertiary/aromatic N) is 1. The van der Waals surface area contributed by atoms with Crippen molar-refractivity contribution >= 4 is 21.9 Å². The Morgan fingerprint density at radius 1 is 1.09 bits per heavy atom. The fourth-order valence-electron chi connectivity index (χ4n) is 3.82. The average Bonchev–Trinajstić information content (AvgIpc) is 3.24. The fourth-order valence-corrected chi connectivity index (χ4v) is 5.48. The standard InChI is InChI=1S/C25H32N2O5S/c1-18-12-14-20(15-13-18)33(30,31)27-16-8-11-22(27)23(28)26-21(24(29)32-25(2,3)4)17-19-9-6-5-7-10-19/h5-7,9-10,12-15,21-22H,8,11,16-17H2,1-4H3,(H,26,28)/t21-,22-/m0/s1. The van der Waals surface area contributed by atoms with Crippen LogP contribution in [-0.2, 0) is 30.8 Å². The van der Waals surface area contributed by atoms with E-state index in [4.69, 9.17) is 4.74 Å². The Morgan fingerprint density at radius 3 is 2.33 bits per heavy atom. The Morgan fingerprint density at radius 2 is 1.73 bits per heavy atom.